The SMILES string of the molecule is CC(C)(C)OP(=O)([O-])Oc1ccccc1.[Ni]. The zero-order chi connectivity index (χ0) is 11.5. The van der Waals surface area contributed by atoms with Gasteiger partial charge < -0.3 is 13.9 Å². The zero-order valence-electron chi connectivity index (χ0n) is 9.28. The van der Waals surface area contributed by atoms with Crippen LogP contribution in [-0.4, -0.2) is 5.60 Å². The van der Waals surface area contributed by atoms with Gasteiger partial charge in [-0.3, -0.25) is 4.57 Å². The van der Waals surface area contributed by atoms with Gasteiger partial charge in [0, 0.05) is 16.5 Å². The number of phosphoric acid groups is 1. The molecular formula is C10H14NiO4P-. The van der Waals surface area contributed by atoms with Crippen LogP contribution in [0.4, 0.5) is 0 Å². The Morgan fingerprint density at radius 3 is 2.12 bits per heavy atom. The molecule has 16 heavy (non-hydrogen) atoms. The fourth-order valence-corrected chi connectivity index (χ4v) is 2.05. The number of hydrogen-bond acceptors (Lipinski definition) is 4. The minimum Gasteiger partial charge on any atom is -0.746 e. The molecule has 0 N–H and O–H groups in total. The third-order valence-electron chi connectivity index (χ3n) is 1.35. The molecule has 6 heteroatoms. The minimum atomic E-state index is -4.29. The van der Waals surface area contributed by atoms with Crippen LogP contribution in [0.25, 0.3) is 0 Å². The van der Waals surface area contributed by atoms with Gasteiger partial charge in [0.1, 0.15) is 5.75 Å². The van der Waals surface area contributed by atoms with Crippen molar-refractivity contribution in [2.45, 2.75) is 26.4 Å². The van der Waals surface area contributed by atoms with Crippen molar-refractivity contribution in [3.8, 4) is 5.75 Å². The molecule has 0 spiro atoms. The van der Waals surface area contributed by atoms with Gasteiger partial charge >= 0.3 is 7.82 Å². The van der Waals surface area contributed by atoms with E-state index in [9.17, 15) is 9.46 Å². The van der Waals surface area contributed by atoms with E-state index in [1.807, 2.05) is 0 Å². The van der Waals surface area contributed by atoms with Gasteiger partial charge in [-0.05, 0) is 32.9 Å². The maximum Gasteiger partial charge on any atom is 0.320 e. The van der Waals surface area contributed by atoms with E-state index in [2.05, 4.69) is 0 Å². The fourth-order valence-electron chi connectivity index (χ4n) is 0.964. The first kappa shape index (κ1) is 15.7. The summed E-state index contributed by atoms with van der Waals surface area (Å²) in [4.78, 5) is 11.4. The van der Waals surface area contributed by atoms with Crippen molar-refractivity contribution in [1.29, 1.82) is 0 Å². The predicted octanol–water partition coefficient (Wildman–Crippen LogP) is 2.35. The molecule has 0 aliphatic carbocycles. The molecule has 94 valence electrons. The summed E-state index contributed by atoms with van der Waals surface area (Å²) in [6, 6.07) is 8.25. The Kier molecular flexibility index (Phi) is 5.71. The van der Waals surface area contributed by atoms with E-state index in [0.29, 0.717) is 0 Å². The molecule has 1 aromatic carbocycles. The molecular weight excluding hydrogens is 274 g/mol. The number of phosphoric ester groups is 1. The summed E-state index contributed by atoms with van der Waals surface area (Å²) < 4.78 is 21.0. The van der Waals surface area contributed by atoms with Crippen molar-refractivity contribution >= 4 is 7.82 Å². The Balaban J connectivity index is 0.00000225. The van der Waals surface area contributed by atoms with Crippen LogP contribution in [0.3, 0.4) is 0 Å². The van der Waals surface area contributed by atoms with Crippen LogP contribution in [0.1, 0.15) is 20.8 Å². The van der Waals surface area contributed by atoms with Crippen molar-refractivity contribution < 1.29 is 35.0 Å². The second-order valence-corrected chi connectivity index (χ2v) is 5.31. The Labute approximate surface area is 106 Å². The average molecular weight is 288 g/mol. The quantitative estimate of drug-likeness (QED) is 0.632. The van der Waals surface area contributed by atoms with E-state index in [1.54, 1.807) is 51.1 Å². The molecule has 0 saturated heterocycles. The van der Waals surface area contributed by atoms with Crippen molar-refractivity contribution in [3.05, 3.63) is 30.3 Å². The van der Waals surface area contributed by atoms with E-state index >= 15 is 0 Å². The molecule has 0 aliphatic heterocycles. The first-order valence-corrected chi connectivity index (χ1v) is 6.01. The zero-order valence-corrected chi connectivity index (χ0v) is 11.2. The molecule has 0 amide bonds. The van der Waals surface area contributed by atoms with Gasteiger partial charge in [0.25, 0.3) is 0 Å². The van der Waals surface area contributed by atoms with E-state index in [0.717, 1.165) is 0 Å². The second-order valence-electron chi connectivity index (χ2n) is 4.06. The average Bonchev–Trinajstić information content (AvgIpc) is 1.99. The monoisotopic (exact) mass is 287 g/mol. The van der Waals surface area contributed by atoms with Crippen LogP contribution < -0.4 is 9.42 Å². The molecule has 4 nitrogen and oxygen atoms in total. The van der Waals surface area contributed by atoms with Crippen LogP contribution in [0, 0.1) is 0 Å². The number of para-hydroxylation sites is 1. The summed E-state index contributed by atoms with van der Waals surface area (Å²) >= 11 is 0. The molecule has 0 heterocycles. The van der Waals surface area contributed by atoms with Gasteiger partial charge in [0.2, 0.25) is 0 Å². The van der Waals surface area contributed by atoms with Crippen molar-refractivity contribution in [3.63, 3.8) is 0 Å². The molecule has 1 atom stereocenters. The predicted molar refractivity (Wildman–Crippen MR) is 55.5 cm³/mol. The molecule has 1 aromatic rings. The van der Waals surface area contributed by atoms with Crippen LogP contribution in [0.2, 0.25) is 0 Å². The molecule has 1 rings (SSSR count). The van der Waals surface area contributed by atoms with Gasteiger partial charge in [-0.15, -0.1) is 0 Å². The second kappa shape index (κ2) is 5.83. The van der Waals surface area contributed by atoms with Crippen molar-refractivity contribution in [2.24, 2.45) is 0 Å². The van der Waals surface area contributed by atoms with E-state index in [4.69, 9.17) is 9.05 Å². The molecule has 0 saturated carbocycles. The topological polar surface area (TPSA) is 58.6 Å². The molecule has 1 unspecified atom stereocenters. The standard InChI is InChI=1S/C10H15O4P.Ni/c1-10(2,3)14-15(11,12)13-9-7-5-4-6-8-9;/h4-8H,1-3H3,(H,11,12);/p-1. The first-order chi connectivity index (χ1) is 6.79. The Hall–Kier alpha value is -0.336. The van der Waals surface area contributed by atoms with Crippen molar-refractivity contribution in [2.75, 3.05) is 0 Å². The molecule has 0 aromatic heterocycles. The maximum absolute atomic E-state index is 11.4. The number of benzene rings is 1. The fraction of sp³-hybridized carbons (Fsp3) is 0.400. The largest absolute Gasteiger partial charge is 0.746 e. The Bertz CT molecular complexity index is 361. The third-order valence-corrected chi connectivity index (χ3v) is 2.55. The molecule has 0 aliphatic rings. The third kappa shape index (κ3) is 6.29. The summed E-state index contributed by atoms with van der Waals surface area (Å²) in [5.41, 5.74) is -0.786. The minimum absolute atomic E-state index is 0. The van der Waals surface area contributed by atoms with Crippen molar-refractivity contribution in [1.82, 2.24) is 0 Å². The maximum atomic E-state index is 11.4. The van der Waals surface area contributed by atoms with Crippen LogP contribution in [0.5, 0.6) is 5.75 Å². The van der Waals surface area contributed by atoms with E-state index < -0.39 is 13.4 Å². The van der Waals surface area contributed by atoms with Crippen LogP contribution in [-0.2, 0) is 25.6 Å². The van der Waals surface area contributed by atoms with E-state index in [1.165, 1.54) is 0 Å². The van der Waals surface area contributed by atoms with Crippen LogP contribution in [0.15, 0.2) is 30.3 Å². The van der Waals surface area contributed by atoms with Gasteiger partial charge in [-0.1, -0.05) is 18.2 Å². The van der Waals surface area contributed by atoms with Gasteiger partial charge in [0.05, 0.1) is 5.60 Å². The Morgan fingerprint density at radius 1 is 1.19 bits per heavy atom. The molecule has 0 bridgehead atoms. The smallest absolute Gasteiger partial charge is 0.320 e. The molecule has 0 fully saturated rings. The van der Waals surface area contributed by atoms with Gasteiger partial charge in [0.15, 0.2) is 0 Å². The summed E-state index contributed by atoms with van der Waals surface area (Å²) in [6.45, 7) is 4.93. The van der Waals surface area contributed by atoms with Gasteiger partial charge in [-0.2, -0.15) is 0 Å². The Morgan fingerprint density at radius 2 is 1.69 bits per heavy atom. The summed E-state index contributed by atoms with van der Waals surface area (Å²) in [5, 5.41) is 0. The van der Waals surface area contributed by atoms with Crippen LogP contribution >= 0.6 is 7.82 Å². The molecule has 0 radical (unpaired) electrons. The summed E-state index contributed by atoms with van der Waals surface area (Å²) in [6.07, 6.45) is 0. The summed E-state index contributed by atoms with van der Waals surface area (Å²) in [7, 11) is -4.29. The van der Waals surface area contributed by atoms with Gasteiger partial charge in [-0.25, -0.2) is 0 Å². The van der Waals surface area contributed by atoms with E-state index in [-0.39, 0.29) is 22.2 Å². The number of rotatable bonds is 3. The number of hydrogen-bond donors (Lipinski definition) is 0. The first-order valence-electron chi connectivity index (χ1n) is 4.55. The normalized spacial score (nSPS) is 14.8. The summed E-state index contributed by atoms with van der Waals surface area (Å²) in [5.74, 6) is 0.250.